The van der Waals surface area contributed by atoms with Crippen LogP contribution in [0.25, 0.3) is 0 Å². The maximum absolute atomic E-state index is 11.7. The van der Waals surface area contributed by atoms with Crippen LogP contribution in [0.4, 0.5) is 8.78 Å². The van der Waals surface area contributed by atoms with E-state index >= 15 is 0 Å². The Hall–Kier alpha value is -0.140. The third-order valence-electron chi connectivity index (χ3n) is 0.854. The van der Waals surface area contributed by atoms with Crippen LogP contribution < -0.4 is 0 Å². The van der Waals surface area contributed by atoms with Gasteiger partial charge in [0.15, 0.2) is 0 Å². The van der Waals surface area contributed by atoms with Gasteiger partial charge in [-0.25, -0.2) is 8.78 Å². The fourth-order valence-corrected chi connectivity index (χ4v) is 2.49. The van der Waals surface area contributed by atoms with Crippen molar-refractivity contribution in [3.63, 3.8) is 0 Å². The average molecular weight is 233 g/mol. The predicted octanol–water partition coefficient (Wildman–Crippen LogP) is 1.56. The second kappa shape index (κ2) is 4.20. The van der Waals surface area contributed by atoms with Gasteiger partial charge in [0.1, 0.15) is 0 Å². The van der Waals surface area contributed by atoms with Gasteiger partial charge < -0.3 is 0 Å². The first-order chi connectivity index (χ1) is 5.59. The Bertz CT molecular complexity index is 292. The molecule has 0 aliphatic heterocycles. The first-order valence-corrected chi connectivity index (χ1v) is 5.26. The molecule has 12 heavy (non-hydrogen) atoms. The van der Waals surface area contributed by atoms with Gasteiger partial charge >= 0.3 is 0 Å². The molecular weight excluding hydrogens is 230 g/mol. The molecule has 0 spiro atoms. The summed E-state index contributed by atoms with van der Waals surface area (Å²) in [4.78, 5) is 0. The van der Waals surface area contributed by atoms with E-state index < -0.39 is 23.0 Å². The number of halogens is 3. The molecule has 8 heteroatoms. The van der Waals surface area contributed by atoms with Gasteiger partial charge in [-0.15, -0.1) is 10.2 Å². The molecular formula is C4H3ClF2N2OS2. The quantitative estimate of drug-likeness (QED) is 0.795. The zero-order valence-electron chi connectivity index (χ0n) is 5.54. The van der Waals surface area contributed by atoms with Gasteiger partial charge in [-0.05, 0) is 11.6 Å². The largest absolute Gasteiger partial charge is 0.252 e. The highest BCUT2D eigenvalue weighted by Gasteiger charge is 2.15. The van der Waals surface area contributed by atoms with Crippen molar-refractivity contribution in [2.75, 3.05) is 5.75 Å². The van der Waals surface area contributed by atoms with Crippen LogP contribution >= 0.6 is 22.9 Å². The minimum Gasteiger partial charge on any atom is -0.252 e. The third-order valence-corrected chi connectivity index (χ3v) is 3.50. The van der Waals surface area contributed by atoms with Crippen LogP contribution in [0.1, 0.15) is 0 Å². The highest BCUT2D eigenvalue weighted by molar-refractivity contribution is 7.87. The zero-order chi connectivity index (χ0) is 9.14. The van der Waals surface area contributed by atoms with Crippen molar-refractivity contribution in [2.45, 2.75) is 10.8 Å². The summed E-state index contributed by atoms with van der Waals surface area (Å²) >= 11 is 6.21. The molecule has 1 heterocycles. The molecule has 0 fully saturated rings. The van der Waals surface area contributed by atoms with E-state index in [9.17, 15) is 13.0 Å². The lowest BCUT2D eigenvalue weighted by Crippen LogP contribution is -2.06. The molecule has 0 saturated carbocycles. The number of hydrogen-bond acceptors (Lipinski definition) is 4. The molecule has 0 amide bonds. The number of nitrogens with zero attached hydrogens (tertiary/aromatic N) is 2. The van der Waals surface area contributed by atoms with Crippen molar-refractivity contribution in [3.8, 4) is 0 Å². The Morgan fingerprint density at radius 3 is 2.67 bits per heavy atom. The van der Waals surface area contributed by atoms with Crippen molar-refractivity contribution in [1.29, 1.82) is 0 Å². The molecule has 1 atom stereocenters. The minimum absolute atomic E-state index is 0.0419. The first-order valence-electron chi connectivity index (χ1n) is 2.75. The SMILES string of the molecule is O=S(CC(F)F)c1nnc(Cl)s1. The van der Waals surface area contributed by atoms with E-state index in [-0.39, 0.29) is 8.81 Å². The molecule has 0 aromatic carbocycles. The summed E-state index contributed by atoms with van der Waals surface area (Å²) < 4.78 is 34.5. The molecule has 1 unspecified atom stereocenters. The van der Waals surface area contributed by atoms with E-state index in [1.165, 1.54) is 0 Å². The predicted molar refractivity (Wildman–Crippen MR) is 42.2 cm³/mol. The second-order valence-electron chi connectivity index (χ2n) is 1.72. The molecule has 1 aromatic heterocycles. The lowest BCUT2D eigenvalue weighted by Gasteiger charge is -1.93. The number of hydrogen-bond donors (Lipinski definition) is 0. The smallest absolute Gasteiger partial charge is 0.250 e. The Labute approximate surface area is 78.2 Å². The molecule has 0 bridgehead atoms. The molecule has 1 rings (SSSR count). The second-order valence-corrected chi connectivity index (χ2v) is 4.95. The van der Waals surface area contributed by atoms with E-state index in [4.69, 9.17) is 11.6 Å². The van der Waals surface area contributed by atoms with Gasteiger partial charge in [0, 0.05) is 0 Å². The Morgan fingerprint density at radius 2 is 2.25 bits per heavy atom. The van der Waals surface area contributed by atoms with Crippen LogP contribution in [0, 0.1) is 0 Å². The normalized spacial score (nSPS) is 13.7. The van der Waals surface area contributed by atoms with Crippen LogP contribution in [0.2, 0.25) is 4.47 Å². The maximum atomic E-state index is 11.7. The van der Waals surface area contributed by atoms with Gasteiger partial charge in [-0.1, -0.05) is 11.3 Å². The molecule has 0 radical (unpaired) electrons. The molecule has 0 N–H and O–H groups in total. The Morgan fingerprint density at radius 1 is 1.58 bits per heavy atom. The fourth-order valence-electron chi connectivity index (χ4n) is 0.471. The standard InChI is InChI=1S/C4H3ClF2N2OS2/c5-3-8-9-4(11-3)12(10)1-2(6)7/h2H,1H2. The summed E-state index contributed by atoms with van der Waals surface area (Å²) in [5.41, 5.74) is 0. The van der Waals surface area contributed by atoms with E-state index in [2.05, 4.69) is 10.2 Å². The van der Waals surface area contributed by atoms with Gasteiger partial charge in [-0.2, -0.15) is 0 Å². The summed E-state index contributed by atoms with van der Waals surface area (Å²) in [5.74, 6) is -0.717. The van der Waals surface area contributed by atoms with Crippen LogP contribution in [0.5, 0.6) is 0 Å². The van der Waals surface area contributed by atoms with Crippen LogP contribution in [-0.2, 0) is 10.8 Å². The summed E-state index contributed by atoms with van der Waals surface area (Å²) in [6, 6.07) is 0. The lowest BCUT2D eigenvalue weighted by molar-refractivity contribution is 0.175. The highest BCUT2D eigenvalue weighted by Crippen LogP contribution is 2.18. The van der Waals surface area contributed by atoms with E-state index in [1.54, 1.807) is 0 Å². The van der Waals surface area contributed by atoms with Crippen molar-refractivity contribution in [2.24, 2.45) is 0 Å². The Balaban J connectivity index is 2.65. The van der Waals surface area contributed by atoms with Crippen molar-refractivity contribution in [3.05, 3.63) is 4.47 Å². The van der Waals surface area contributed by atoms with Crippen LogP contribution in [0.3, 0.4) is 0 Å². The van der Waals surface area contributed by atoms with Gasteiger partial charge in [0.05, 0.1) is 16.6 Å². The van der Waals surface area contributed by atoms with Gasteiger partial charge in [-0.3, -0.25) is 4.21 Å². The molecule has 0 aliphatic carbocycles. The Kier molecular flexibility index (Phi) is 3.48. The van der Waals surface area contributed by atoms with Crippen molar-refractivity contribution in [1.82, 2.24) is 10.2 Å². The number of alkyl halides is 2. The summed E-state index contributed by atoms with van der Waals surface area (Å²) in [7, 11) is -1.78. The summed E-state index contributed by atoms with van der Waals surface area (Å²) in [6.07, 6.45) is -2.60. The summed E-state index contributed by atoms with van der Waals surface area (Å²) in [6.45, 7) is 0. The average Bonchev–Trinajstić information content (AvgIpc) is 2.34. The third kappa shape index (κ3) is 2.72. The topological polar surface area (TPSA) is 42.9 Å². The van der Waals surface area contributed by atoms with Crippen LogP contribution in [-0.4, -0.2) is 26.6 Å². The summed E-state index contributed by atoms with van der Waals surface area (Å²) in [5, 5.41) is 6.71. The lowest BCUT2D eigenvalue weighted by atomic mass is 10.9. The van der Waals surface area contributed by atoms with Crippen molar-refractivity contribution >= 4 is 33.7 Å². The molecule has 1 aromatic rings. The number of rotatable bonds is 3. The maximum Gasteiger partial charge on any atom is 0.250 e. The van der Waals surface area contributed by atoms with Gasteiger partial charge in [0.25, 0.3) is 6.43 Å². The van der Waals surface area contributed by atoms with E-state index in [0.29, 0.717) is 0 Å². The first kappa shape index (κ1) is 9.94. The monoisotopic (exact) mass is 232 g/mol. The fraction of sp³-hybridized carbons (Fsp3) is 0.500. The zero-order valence-corrected chi connectivity index (χ0v) is 7.93. The molecule has 0 saturated heterocycles. The van der Waals surface area contributed by atoms with E-state index in [1.807, 2.05) is 0 Å². The number of aromatic nitrogens is 2. The highest BCUT2D eigenvalue weighted by atomic mass is 35.5. The minimum atomic E-state index is -2.60. The van der Waals surface area contributed by atoms with Gasteiger partial charge in [0.2, 0.25) is 8.81 Å². The molecule has 0 aliphatic rings. The van der Waals surface area contributed by atoms with E-state index in [0.717, 1.165) is 11.3 Å². The van der Waals surface area contributed by atoms with Crippen molar-refractivity contribution < 1.29 is 13.0 Å². The van der Waals surface area contributed by atoms with Crippen LogP contribution in [0.15, 0.2) is 4.34 Å². The molecule has 68 valence electrons. The molecule has 3 nitrogen and oxygen atoms in total.